The molecule has 1 fully saturated rings. The molecule has 1 aliphatic rings. The average molecular weight is 259 g/mol. The van der Waals surface area contributed by atoms with E-state index in [4.69, 9.17) is 0 Å². The molecule has 0 spiro atoms. The third-order valence-corrected chi connectivity index (χ3v) is 3.08. The van der Waals surface area contributed by atoms with E-state index in [9.17, 15) is 4.79 Å². The number of rotatable bonds is 2. The van der Waals surface area contributed by atoms with Gasteiger partial charge in [0.2, 0.25) is 5.91 Å². The largest absolute Gasteiger partial charge is 0.322 e. The highest BCUT2D eigenvalue weighted by molar-refractivity contribution is 5.97. The Morgan fingerprint density at radius 3 is 2.88 bits per heavy atom. The zero-order valence-electron chi connectivity index (χ0n) is 10.2. The first-order chi connectivity index (χ1) is 7.60. The van der Waals surface area contributed by atoms with Crippen LogP contribution in [0.2, 0.25) is 0 Å². The Hall–Kier alpha value is -1.07. The van der Waals surface area contributed by atoms with Crippen LogP contribution < -0.4 is 10.6 Å². The van der Waals surface area contributed by atoms with Crippen molar-refractivity contribution in [3.8, 4) is 0 Å². The van der Waals surface area contributed by atoms with E-state index in [1.54, 1.807) is 17.1 Å². The van der Waals surface area contributed by atoms with Crippen molar-refractivity contribution in [2.75, 3.05) is 11.9 Å². The van der Waals surface area contributed by atoms with Gasteiger partial charge in [0.15, 0.2) is 0 Å². The van der Waals surface area contributed by atoms with Gasteiger partial charge in [-0.15, -0.1) is 12.4 Å². The summed E-state index contributed by atoms with van der Waals surface area (Å²) in [6.07, 6.45) is 6.59. The van der Waals surface area contributed by atoms with Crippen molar-refractivity contribution < 1.29 is 4.79 Å². The van der Waals surface area contributed by atoms with Crippen molar-refractivity contribution in [1.29, 1.82) is 0 Å². The van der Waals surface area contributed by atoms with Crippen LogP contribution in [0.4, 0.5) is 5.69 Å². The molecular formula is C11H19ClN4O. The zero-order valence-corrected chi connectivity index (χ0v) is 11.0. The molecule has 5 nitrogen and oxygen atoms in total. The molecule has 96 valence electrons. The Morgan fingerprint density at radius 1 is 1.59 bits per heavy atom. The molecule has 0 aromatic carbocycles. The SMILES string of the molecule is Cl.Cn1cc(NC(=O)C2(C)CCCCN2)cn1. The highest BCUT2D eigenvalue weighted by atomic mass is 35.5. The van der Waals surface area contributed by atoms with E-state index in [0.29, 0.717) is 0 Å². The van der Waals surface area contributed by atoms with E-state index >= 15 is 0 Å². The van der Waals surface area contributed by atoms with E-state index in [1.165, 1.54) is 0 Å². The van der Waals surface area contributed by atoms with E-state index in [2.05, 4.69) is 15.7 Å². The van der Waals surface area contributed by atoms with E-state index in [0.717, 1.165) is 31.5 Å². The lowest BCUT2D eigenvalue weighted by molar-refractivity contribution is -0.122. The fourth-order valence-electron chi connectivity index (χ4n) is 2.00. The lowest BCUT2D eigenvalue weighted by atomic mass is 9.90. The number of nitrogens with zero attached hydrogens (tertiary/aromatic N) is 2. The third-order valence-electron chi connectivity index (χ3n) is 3.08. The number of aryl methyl sites for hydroxylation is 1. The molecule has 1 aromatic rings. The highest BCUT2D eigenvalue weighted by Gasteiger charge is 2.34. The van der Waals surface area contributed by atoms with Gasteiger partial charge in [-0.2, -0.15) is 5.10 Å². The predicted molar refractivity (Wildman–Crippen MR) is 69.3 cm³/mol. The number of piperidine rings is 1. The Bertz CT molecular complexity index is 385. The van der Waals surface area contributed by atoms with Crippen LogP contribution in [0, 0.1) is 0 Å². The fourth-order valence-corrected chi connectivity index (χ4v) is 2.00. The van der Waals surface area contributed by atoms with Crippen molar-refractivity contribution in [2.24, 2.45) is 7.05 Å². The second-order valence-electron chi connectivity index (χ2n) is 4.57. The number of anilines is 1. The van der Waals surface area contributed by atoms with Crippen LogP contribution in [0.5, 0.6) is 0 Å². The Kier molecular flexibility index (Phi) is 4.54. The van der Waals surface area contributed by atoms with Gasteiger partial charge >= 0.3 is 0 Å². The molecule has 2 heterocycles. The molecule has 2 rings (SSSR count). The monoisotopic (exact) mass is 258 g/mol. The Labute approximate surface area is 107 Å². The van der Waals surface area contributed by atoms with E-state index in [-0.39, 0.29) is 18.3 Å². The van der Waals surface area contributed by atoms with Crippen LogP contribution in [-0.4, -0.2) is 27.8 Å². The summed E-state index contributed by atoms with van der Waals surface area (Å²) >= 11 is 0. The van der Waals surface area contributed by atoms with Crippen LogP contribution >= 0.6 is 12.4 Å². The van der Waals surface area contributed by atoms with E-state index < -0.39 is 5.54 Å². The molecule has 0 saturated carbocycles. The highest BCUT2D eigenvalue weighted by Crippen LogP contribution is 2.20. The minimum atomic E-state index is -0.436. The summed E-state index contributed by atoms with van der Waals surface area (Å²) < 4.78 is 1.67. The summed E-state index contributed by atoms with van der Waals surface area (Å²) in [6.45, 7) is 2.87. The first-order valence-corrected chi connectivity index (χ1v) is 5.65. The van der Waals surface area contributed by atoms with Crippen molar-refractivity contribution >= 4 is 24.0 Å². The van der Waals surface area contributed by atoms with Gasteiger partial charge in [0, 0.05) is 13.2 Å². The van der Waals surface area contributed by atoms with Gasteiger partial charge in [0.1, 0.15) is 0 Å². The maximum Gasteiger partial charge on any atom is 0.244 e. The number of halogens is 1. The summed E-state index contributed by atoms with van der Waals surface area (Å²) in [4.78, 5) is 12.1. The van der Waals surface area contributed by atoms with Crippen molar-refractivity contribution in [2.45, 2.75) is 31.7 Å². The molecule has 1 saturated heterocycles. The second kappa shape index (κ2) is 5.51. The number of nitrogens with one attached hydrogen (secondary N) is 2. The summed E-state index contributed by atoms with van der Waals surface area (Å²) in [5.74, 6) is 0.0280. The normalized spacial score (nSPS) is 23.9. The Balaban J connectivity index is 0.00000144. The Morgan fingerprint density at radius 2 is 2.35 bits per heavy atom. The van der Waals surface area contributed by atoms with Gasteiger partial charge < -0.3 is 10.6 Å². The maximum absolute atomic E-state index is 12.1. The summed E-state index contributed by atoms with van der Waals surface area (Å²) in [5.41, 5.74) is 0.315. The molecule has 17 heavy (non-hydrogen) atoms. The maximum atomic E-state index is 12.1. The molecule has 1 amide bonds. The minimum Gasteiger partial charge on any atom is -0.322 e. The van der Waals surface area contributed by atoms with Crippen LogP contribution in [0.1, 0.15) is 26.2 Å². The summed E-state index contributed by atoms with van der Waals surface area (Å²) in [5, 5.41) is 10.2. The predicted octanol–water partition coefficient (Wildman–Crippen LogP) is 1.31. The third kappa shape index (κ3) is 3.20. The molecule has 2 N–H and O–H groups in total. The molecule has 6 heteroatoms. The number of amides is 1. The summed E-state index contributed by atoms with van der Waals surface area (Å²) in [7, 11) is 1.83. The first-order valence-electron chi connectivity index (χ1n) is 5.65. The quantitative estimate of drug-likeness (QED) is 0.841. The molecule has 0 bridgehead atoms. The summed E-state index contributed by atoms with van der Waals surface area (Å²) in [6, 6.07) is 0. The first kappa shape index (κ1) is 14.0. The van der Waals surface area contributed by atoms with Crippen LogP contribution in [0.15, 0.2) is 12.4 Å². The zero-order chi connectivity index (χ0) is 11.6. The second-order valence-corrected chi connectivity index (χ2v) is 4.57. The van der Waals surface area contributed by atoms with Gasteiger partial charge in [-0.05, 0) is 32.7 Å². The minimum absolute atomic E-state index is 0. The van der Waals surface area contributed by atoms with Crippen LogP contribution in [0.3, 0.4) is 0 Å². The van der Waals surface area contributed by atoms with Crippen molar-refractivity contribution in [3.63, 3.8) is 0 Å². The number of hydrogen-bond donors (Lipinski definition) is 2. The molecule has 0 radical (unpaired) electrons. The van der Waals surface area contributed by atoms with Gasteiger partial charge in [0.25, 0.3) is 0 Å². The van der Waals surface area contributed by atoms with Gasteiger partial charge in [-0.3, -0.25) is 9.48 Å². The van der Waals surface area contributed by atoms with Crippen molar-refractivity contribution in [1.82, 2.24) is 15.1 Å². The number of carbonyl (C=O) groups is 1. The molecule has 1 aromatic heterocycles. The lowest BCUT2D eigenvalue weighted by Crippen LogP contribution is -2.54. The molecule has 1 atom stereocenters. The number of hydrogen-bond acceptors (Lipinski definition) is 3. The van der Waals surface area contributed by atoms with Gasteiger partial charge in [-0.25, -0.2) is 0 Å². The number of aromatic nitrogens is 2. The van der Waals surface area contributed by atoms with Crippen LogP contribution in [0.25, 0.3) is 0 Å². The lowest BCUT2D eigenvalue weighted by Gasteiger charge is -2.33. The number of carbonyl (C=O) groups excluding carboxylic acids is 1. The average Bonchev–Trinajstić information content (AvgIpc) is 2.65. The smallest absolute Gasteiger partial charge is 0.244 e. The van der Waals surface area contributed by atoms with Crippen LogP contribution in [-0.2, 0) is 11.8 Å². The molecular weight excluding hydrogens is 240 g/mol. The van der Waals surface area contributed by atoms with Gasteiger partial charge in [0.05, 0.1) is 17.4 Å². The van der Waals surface area contributed by atoms with E-state index in [1.807, 2.05) is 14.0 Å². The van der Waals surface area contributed by atoms with Gasteiger partial charge in [-0.1, -0.05) is 0 Å². The molecule has 1 unspecified atom stereocenters. The van der Waals surface area contributed by atoms with Crippen molar-refractivity contribution in [3.05, 3.63) is 12.4 Å². The topological polar surface area (TPSA) is 59.0 Å². The fraction of sp³-hybridized carbons (Fsp3) is 0.636. The standard InChI is InChI=1S/C11H18N4O.ClH/c1-11(5-3-4-6-12-11)10(16)14-9-7-13-15(2)8-9;/h7-8,12H,3-6H2,1-2H3,(H,14,16);1H. The molecule has 1 aliphatic heterocycles. The molecule has 0 aliphatic carbocycles.